The van der Waals surface area contributed by atoms with Gasteiger partial charge in [0.1, 0.15) is 6.29 Å². The fourth-order valence-corrected chi connectivity index (χ4v) is 28.0. The molecule has 0 bridgehead atoms. The van der Waals surface area contributed by atoms with Gasteiger partial charge in [0.05, 0.1) is 29.0 Å². The molecule has 0 amide bonds. The Morgan fingerprint density at radius 3 is 0.880 bits per heavy atom. The van der Waals surface area contributed by atoms with Crippen LogP contribution >= 0.6 is 0 Å². The molecular formula is C88H158Br2Mg2O8. The molecule has 8 nitrogen and oxygen atoms in total. The number of aliphatic hydroxyl groups is 5. The molecule has 14 fully saturated rings. The Kier molecular flexibility index (Phi) is 37.6. The molecule has 2 aliphatic heterocycles. The Morgan fingerprint density at radius 1 is 0.380 bits per heavy atom. The van der Waals surface area contributed by atoms with Crippen molar-refractivity contribution in [2.45, 2.75) is 371 Å². The number of aldehydes is 1. The van der Waals surface area contributed by atoms with Crippen molar-refractivity contribution in [3.63, 3.8) is 0 Å². The first-order valence-corrected chi connectivity index (χ1v) is 42.2. The summed E-state index contributed by atoms with van der Waals surface area (Å²) < 4.78 is 9.89. The minimum atomic E-state index is -0.391. The molecule has 1 unspecified atom stereocenters. The number of carbonyl (C=O) groups excluding carboxylic acids is 1. The Morgan fingerprint density at radius 2 is 0.640 bits per heavy atom. The molecule has 12 heteroatoms. The van der Waals surface area contributed by atoms with Crippen LogP contribution in [0.1, 0.15) is 342 Å². The third-order valence-electron chi connectivity index (χ3n) is 34.5. The van der Waals surface area contributed by atoms with E-state index in [2.05, 4.69) is 111 Å². The molecule has 0 aromatic carbocycles. The van der Waals surface area contributed by atoms with Crippen LogP contribution in [0, 0.1) is 153 Å². The summed E-state index contributed by atoms with van der Waals surface area (Å²) >= 11 is 0. The number of rotatable bonds is 11. The second-order valence-corrected chi connectivity index (χ2v) is 37.8. The van der Waals surface area contributed by atoms with Crippen LogP contribution < -0.4 is 34.0 Å². The molecule has 12 saturated carbocycles. The van der Waals surface area contributed by atoms with Crippen LogP contribution in [0.2, 0.25) is 0 Å². The maximum Gasteiger partial charge on any atom is 2.00 e. The van der Waals surface area contributed by atoms with Crippen molar-refractivity contribution >= 4 is 52.4 Å². The second-order valence-electron chi connectivity index (χ2n) is 37.8. The zero-order valence-corrected chi connectivity index (χ0v) is 74.0. The molecule has 14 rings (SSSR count). The summed E-state index contributed by atoms with van der Waals surface area (Å²) in [5.74, 6) is 13.1. The molecule has 2 heterocycles. The maximum absolute atomic E-state index is 11.5. The molecule has 576 valence electrons. The van der Waals surface area contributed by atoms with Gasteiger partial charge in [-0.05, 0) is 364 Å². The van der Waals surface area contributed by atoms with E-state index in [1.165, 1.54) is 167 Å². The molecule has 5 N–H and O–H groups in total. The number of aliphatic hydroxyl groups excluding tert-OH is 2. The fourth-order valence-electron chi connectivity index (χ4n) is 28.0. The maximum atomic E-state index is 11.5. The van der Waals surface area contributed by atoms with Crippen molar-refractivity contribution < 1.29 is 73.8 Å². The zero-order chi connectivity index (χ0) is 70.5. The standard InChI is InChI=1S/2C26H46O2.C24H40O2.2C4H8O.2C2H5.2BrH.2Mg/c2*1-6-23(27)17(3)20-10-11-21-19-9-8-18-16-26(28,7-2)15-14-24(18,4)22(19)12-13-25(20,21)5;1-5-24(26)13-12-22(3)17(14-24)6-7-18-20-9-8-19(16(2)15-25)23(20,4)11-10-21(18)22;2*1-2-4-5-3-1;2*1-2;;;;/h2*17-23,27-28H,6-16H2,1-5H3;15-21,26H,5-14H2,1-4H3;2*1-4H2;2*1H2,2H3;2*1H;;/q;;;;;2*-1;;;2*+2/p-2/t17-,18-,19-,20+,21-,22-,23?,24-,25+,26-;17-,18-,19-,20+,21-,22-,23-,24-,25+,26-;16-,17+,18+,19-,20+,21+,22+,23-,24+;;;;;;;;/m001......../s1. The van der Waals surface area contributed by atoms with Gasteiger partial charge < -0.3 is 87.6 Å². The van der Waals surface area contributed by atoms with E-state index in [1.54, 1.807) is 13.8 Å². The molecule has 0 aromatic rings. The minimum Gasteiger partial charge on any atom is -1.00 e. The van der Waals surface area contributed by atoms with Gasteiger partial charge in [-0.3, -0.25) is 0 Å². The SMILES string of the molecule is C1CCOC1.C1CCOC1.CCC(O)[C@@H](C)[C@H]1CC[C@H]2[C@@H]3CC[C@H]4C[C@](O)(CC)CC[C@]4(C)[C@H]3CC[C@]12C.CC[C@H](O)[C@@H](C)[C@H]1CC[C@H]2[C@@H]3CC[C@H]4C[C@](O)(CC)CC[C@]4(C)[C@H]3CC[C@]12C.CC[C@]1(O)CC[C@@]2(C)[C@@H](CC[C@@H]3[C@@H]2CC[C@]2(C)[C@@H]([C@H](C)C=O)CC[C@@H]32)C1.[Br-].[Br-].[CH2-]C.[CH2-]C.[Mg+2].[Mg+2]. The summed E-state index contributed by atoms with van der Waals surface area (Å²) in [4.78, 5) is 11.5. The first-order chi connectivity index (χ1) is 45.6. The number of hydrogen-bond donors (Lipinski definition) is 5. The van der Waals surface area contributed by atoms with Crippen LogP contribution in [0.3, 0.4) is 0 Å². The largest absolute Gasteiger partial charge is 2.00 e. The van der Waals surface area contributed by atoms with Crippen LogP contribution in [-0.2, 0) is 14.3 Å². The summed E-state index contributed by atoms with van der Waals surface area (Å²) in [6.45, 7) is 47.1. The molecule has 0 aromatic heterocycles. The monoisotopic (exact) mass is 1550 g/mol. The van der Waals surface area contributed by atoms with Crippen LogP contribution in [0.15, 0.2) is 0 Å². The van der Waals surface area contributed by atoms with E-state index in [0.717, 1.165) is 168 Å². The van der Waals surface area contributed by atoms with Crippen molar-refractivity contribution in [2.75, 3.05) is 26.4 Å². The van der Waals surface area contributed by atoms with Gasteiger partial charge in [0.25, 0.3) is 0 Å². The van der Waals surface area contributed by atoms with E-state index in [1.807, 2.05) is 0 Å². The third kappa shape index (κ3) is 19.0. The van der Waals surface area contributed by atoms with Gasteiger partial charge in [0.2, 0.25) is 0 Å². The van der Waals surface area contributed by atoms with E-state index in [-0.39, 0.29) is 109 Å². The van der Waals surface area contributed by atoms with E-state index in [9.17, 15) is 30.3 Å². The Balaban J connectivity index is 0.000000284. The number of carbonyl (C=O) groups is 1. The first kappa shape index (κ1) is 94.3. The molecule has 0 radical (unpaired) electrons. The normalized spacial score (nSPS) is 46.5. The fraction of sp³-hybridized carbons (Fsp3) is 0.966. The van der Waals surface area contributed by atoms with E-state index in [0.29, 0.717) is 62.1 Å². The molecule has 29 atom stereocenters. The second kappa shape index (κ2) is 39.9. The first-order valence-electron chi connectivity index (χ1n) is 42.2. The Bertz CT molecular complexity index is 2260. The minimum absolute atomic E-state index is 0. The smallest absolute Gasteiger partial charge is 1.00 e. The van der Waals surface area contributed by atoms with Gasteiger partial charge in [-0.1, -0.05) is 96.9 Å². The van der Waals surface area contributed by atoms with Crippen molar-refractivity contribution in [1.29, 1.82) is 0 Å². The summed E-state index contributed by atoms with van der Waals surface area (Å²) in [5.41, 5.74) is 1.48. The van der Waals surface area contributed by atoms with Crippen molar-refractivity contribution in [1.82, 2.24) is 0 Å². The average Bonchev–Trinajstić information content (AvgIpc) is 1.34. The van der Waals surface area contributed by atoms with E-state index < -0.39 is 5.60 Å². The predicted molar refractivity (Wildman–Crippen MR) is 411 cm³/mol. The van der Waals surface area contributed by atoms with E-state index >= 15 is 0 Å². The van der Waals surface area contributed by atoms with Gasteiger partial charge >= 0.3 is 46.1 Å². The molecule has 100 heavy (non-hydrogen) atoms. The quantitative estimate of drug-likeness (QED) is 0.0784. The topological polar surface area (TPSA) is 137 Å². The van der Waals surface area contributed by atoms with Crippen LogP contribution in [-0.4, -0.2) is 133 Å². The predicted octanol–water partition coefficient (Wildman–Crippen LogP) is 14.5. The summed E-state index contributed by atoms with van der Waals surface area (Å²) in [6.07, 6.45) is 44.9. The van der Waals surface area contributed by atoms with Gasteiger partial charge in [-0.15, -0.1) is 0 Å². The molecule has 14 aliphatic rings. The third-order valence-corrected chi connectivity index (χ3v) is 34.5. The average molecular weight is 1550 g/mol. The van der Waals surface area contributed by atoms with Crippen molar-refractivity contribution in [3.8, 4) is 0 Å². The van der Waals surface area contributed by atoms with E-state index in [4.69, 9.17) is 9.47 Å². The van der Waals surface area contributed by atoms with Crippen LogP contribution in [0.4, 0.5) is 0 Å². The van der Waals surface area contributed by atoms with Crippen molar-refractivity contribution in [2.24, 2.45) is 139 Å². The van der Waals surface area contributed by atoms with Gasteiger partial charge in [-0.2, -0.15) is 13.8 Å². The molecule has 2 saturated heterocycles. The summed E-state index contributed by atoms with van der Waals surface area (Å²) in [6, 6.07) is 0. The molecular weight excluding hydrogens is 1390 g/mol. The van der Waals surface area contributed by atoms with Crippen LogP contribution in [0.5, 0.6) is 0 Å². The number of halogens is 2. The molecule has 12 aliphatic carbocycles. The number of ether oxygens (including phenoxy) is 2. The summed E-state index contributed by atoms with van der Waals surface area (Å²) in [7, 11) is 0. The molecule has 0 spiro atoms. The number of hydrogen-bond acceptors (Lipinski definition) is 8. The Labute approximate surface area is 670 Å². The summed E-state index contributed by atoms with van der Waals surface area (Å²) in [5, 5.41) is 54.0. The van der Waals surface area contributed by atoms with Gasteiger partial charge in [0.15, 0.2) is 0 Å². The van der Waals surface area contributed by atoms with Gasteiger partial charge in [-0.25, -0.2) is 0 Å². The van der Waals surface area contributed by atoms with Crippen molar-refractivity contribution in [3.05, 3.63) is 13.8 Å². The van der Waals surface area contributed by atoms with Gasteiger partial charge in [0, 0.05) is 32.3 Å². The zero-order valence-electron chi connectivity index (χ0n) is 68.0. The Hall–Kier alpha value is 1.88. The van der Waals surface area contributed by atoms with Crippen LogP contribution in [0.25, 0.3) is 0 Å². The number of fused-ring (bicyclic) bond motifs is 15.